The van der Waals surface area contributed by atoms with Crippen molar-refractivity contribution in [3.63, 3.8) is 0 Å². The van der Waals surface area contributed by atoms with Crippen LogP contribution in [0.15, 0.2) is 170 Å². The van der Waals surface area contributed by atoms with Crippen molar-refractivity contribution >= 4 is 38.9 Å². The first-order valence-corrected chi connectivity index (χ1v) is 24.7. The molecule has 0 bridgehead atoms. The molecule has 0 N–H and O–H groups in total. The number of benzene rings is 8. The summed E-state index contributed by atoms with van der Waals surface area (Å²) in [6.45, 7) is 13.3. The zero-order chi connectivity index (χ0) is 45.6. The third kappa shape index (κ3) is 9.66. The molecule has 0 radical (unpaired) electrons. The molecule has 1 heterocycles. The van der Waals surface area contributed by atoms with Gasteiger partial charge in [0.15, 0.2) is 0 Å². The van der Waals surface area contributed by atoms with Crippen molar-refractivity contribution in [2.45, 2.75) is 106 Å². The van der Waals surface area contributed by atoms with E-state index in [9.17, 15) is 0 Å². The molecule has 0 spiro atoms. The Hall–Kier alpha value is -6.64. The summed E-state index contributed by atoms with van der Waals surface area (Å²) >= 11 is 0. The number of para-hydroxylation sites is 1. The number of fused-ring (bicyclic) bond motifs is 3. The minimum absolute atomic E-state index is 1.07. The van der Waals surface area contributed by atoms with Gasteiger partial charge in [-0.1, -0.05) is 167 Å². The number of aromatic nitrogens is 1. The van der Waals surface area contributed by atoms with Gasteiger partial charge in [-0.15, -0.1) is 0 Å². The molecule has 0 saturated heterocycles. The molecule has 9 rings (SSSR count). The van der Waals surface area contributed by atoms with Crippen LogP contribution in [0.1, 0.15) is 98.6 Å². The Bertz CT molecular complexity index is 3040. The Kier molecular flexibility index (Phi) is 13.7. The minimum Gasteiger partial charge on any atom is -0.310 e. The van der Waals surface area contributed by atoms with Crippen LogP contribution in [0.2, 0.25) is 0 Å². The predicted molar refractivity (Wildman–Crippen MR) is 286 cm³/mol. The van der Waals surface area contributed by atoms with Crippen LogP contribution in [-0.4, -0.2) is 4.57 Å². The second kappa shape index (κ2) is 20.3. The molecule has 1 aromatic heterocycles. The number of unbranched alkanes of at least 4 members (excludes halogenated alkanes) is 6. The third-order valence-electron chi connectivity index (χ3n) is 13.6. The highest BCUT2D eigenvalue weighted by Crippen LogP contribution is 2.41. The highest BCUT2D eigenvalue weighted by molar-refractivity contribution is 6.10. The number of nitrogens with zero attached hydrogens (tertiary/aromatic N) is 2. The predicted octanol–water partition coefficient (Wildman–Crippen LogP) is 18.7. The molecule has 2 heteroatoms. The SMILES string of the molecule is CCCCCCc1cc(-c2ccc3c(c2)c2ccccc2n3-c2ccc(-c3ccc(C)cc3)cc2)c(CCCCCC)cc1-c1ccc(N(c2ccc(C)cc2)c2cc(C)cc(C)c2)cc1. The lowest BCUT2D eigenvalue weighted by Gasteiger charge is -2.27. The fraction of sp³-hybridized carbons (Fsp3) is 0.250. The van der Waals surface area contributed by atoms with E-state index in [4.69, 9.17) is 0 Å². The molecule has 0 amide bonds. The topological polar surface area (TPSA) is 8.17 Å². The van der Waals surface area contributed by atoms with Gasteiger partial charge < -0.3 is 9.47 Å². The number of hydrogen-bond acceptors (Lipinski definition) is 1. The zero-order valence-electron chi connectivity index (χ0n) is 40.1. The summed E-state index contributed by atoms with van der Waals surface area (Å²) in [6, 6.07) is 64.5. The van der Waals surface area contributed by atoms with E-state index in [2.05, 4.69) is 221 Å². The van der Waals surface area contributed by atoms with Gasteiger partial charge in [-0.05, 0) is 176 Å². The molecule has 0 aliphatic rings. The van der Waals surface area contributed by atoms with Crippen LogP contribution in [0.5, 0.6) is 0 Å². The van der Waals surface area contributed by atoms with Crippen LogP contribution in [-0.2, 0) is 12.8 Å². The van der Waals surface area contributed by atoms with Crippen molar-refractivity contribution < 1.29 is 0 Å². The molecule has 0 atom stereocenters. The maximum atomic E-state index is 2.59. The minimum atomic E-state index is 1.07. The average Bonchev–Trinajstić information content (AvgIpc) is 3.66. The first-order valence-electron chi connectivity index (χ1n) is 24.7. The van der Waals surface area contributed by atoms with Crippen molar-refractivity contribution in [1.29, 1.82) is 0 Å². The van der Waals surface area contributed by atoms with Crippen LogP contribution in [0, 0.1) is 27.7 Å². The van der Waals surface area contributed by atoms with Crippen molar-refractivity contribution in [2.24, 2.45) is 0 Å². The van der Waals surface area contributed by atoms with E-state index >= 15 is 0 Å². The molecule has 2 nitrogen and oxygen atoms in total. The molecule has 0 unspecified atom stereocenters. The van der Waals surface area contributed by atoms with Crippen LogP contribution >= 0.6 is 0 Å². The van der Waals surface area contributed by atoms with E-state index in [-0.39, 0.29) is 0 Å². The number of rotatable bonds is 17. The summed E-state index contributed by atoms with van der Waals surface area (Å²) < 4.78 is 2.45. The molecule has 0 fully saturated rings. The molecule has 9 aromatic rings. The van der Waals surface area contributed by atoms with Gasteiger partial charge in [0.25, 0.3) is 0 Å². The third-order valence-corrected chi connectivity index (χ3v) is 13.6. The van der Waals surface area contributed by atoms with Gasteiger partial charge in [0.05, 0.1) is 11.0 Å². The standard InChI is InChI=1S/C64H66N2/c1-7-9-11-13-17-52-43-61(54-31-38-64-62(44-54)59-19-15-16-20-63(59)66(64)57-34-27-50(28-35-57)49-25-21-45(3)22-26-49)53(18-14-12-10-8-2)42-60(52)51-29-36-56(37-30-51)65(55-32-23-46(4)24-33-55)58-40-47(5)39-48(6)41-58/h15-16,19-44H,7-14,17-18H2,1-6H3. The zero-order valence-corrected chi connectivity index (χ0v) is 40.1. The Morgan fingerprint density at radius 3 is 1.44 bits per heavy atom. The normalized spacial score (nSPS) is 11.5. The van der Waals surface area contributed by atoms with Crippen molar-refractivity contribution in [3.05, 3.63) is 203 Å². The van der Waals surface area contributed by atoms with Crippen molar-refractivity contribution in [3.8, 4) is 39.1 Å². The smallest absolute Gasteiger partial charge is 0.0541 e. The number of aryl methyl sites for hydroxylation is 6. The summed E-state index contributed by atoms with van der Waals surface area (Å²) in [4.78, 5) is 2.41. The molecular formula is C64H66N2. The van der Waals surface area contributed by atoms with Crippen molar-refractivity contribution in [1.82, 2.24) is 4.57 Å². The lowest BCUT2D eigenvalue weighted by Crippen LogP contribution is -2.10. The Morgan fingerprint density at radius 1 is 0.364 bits per heavy atom. The van der Waals surface area contributed by atoms with Crippen molar-refractivity contribution in [2.75, 3.05) is 4.90 Å². The van der Waals surface area contributed by atoms with Gasteiger partial charge in [0, 0.05) is 33.5 Å². The lowest BCUT2D eigenvalue weighted by molar-refractivity contribution is 0.664. The maximum absolute atomic E-state index is 2.59. The van der Waals surface area contributed by atoms with Crippen LogP contribution in [0.4, 0.5) is 17.1 Å². The van der Waals surface area contributed by atoms with Gasteiger partial charge >= 0.3 is 0 Å². The van der Waals surface area contributed by atoms with Gasteiger partial charge in [0.1, 0.15) is 0 Å². The molecule has 0 aliphatic heterocycles. The Morgan fingerprint density at radius 2 is 0.848 bits per heavy atom. The van der Waals surface area contributed by atoms with Gasteiger partial charge in [-0.3, -0.25) is 0 Å². The number of hydrogen-bond donors (Lipinski definition) is 0. The fourth-order valence-corrected chi connectivity index (χ4v) is 10.1. The first-order chi connectivity index (χ1) is 32.3. The highest BCUT2D eigenvalue weighted by atomic mass is 15.1. The largest absolute Gasteiger partial charge is 0.310 e. The Balaban J connectivity index is 1.14. The van der Waals surface area contributed by atoms with E-state index in [1.54, 1.807) is 0 Å². The second-order valence-corrected chi connectivity index (χ2v) is 18.8. The highest BCUT2D eigenvalue weighted by Gasteiger charge is 2.19. The summed E-state index contributed by atoms with van der Waals surface area (Å²) in [7, 11) is 0. The van der Waals surface area contributed by atoms with E-state index in [0.29, 0.717) is 0 Å². The first kappa shape index (κ1) is 44.6. The maximum Gasteiger partial charge on any atom is 0.0541 e. The molecule has 332 valence electrons. The summed E-state index contributed by atoms with van der Waals surface area (Å²) in [5, 5.41) is 2.59. The average molecular weight is 863 g/mol. The van der Waals surface area contributed by atoms with Crippen LogP contribution in [0.25, 0.3) is 60.9 Å². The van der Waals surface area contributed by atoms with Gasteiger partial charge in [0.2, 0.25) is 0 Å². The lowest BCUT2D eigenvalue weighted by atomic mass is 9.86. The van der Waals surface area contributed by atoms with Gasteiger partial charge in [-0.25, -0.2) is 0 Å². The molecule has 0 aliphatic carbocycles. The molecule has 66 heavy (non-hydrogen) atoms. The van der Waals surface area contributed by atoms with Crippen LogP contribution in [0.3, 0.4) is 0 Å². The summed E-state index contributed by atoms with van der Waals surface area (Å²) in [5.74, 6) is 0. The van der Waals surface area contributed by atoms with Gasteiger partial charge in [-0.2, -0.15) is 0 Å². The van der Waals surface area contributed by atoms with E-state index in [1.165, 1.54) is 163 Å². The quantitative estimate of drug-likeness (QED) is 0.0828. The van der Waals surface area contributed by atoms with E-state index in [1.807, 2.05) is 0 Å². The monoisotopic (exact) mass is 863 g/mol. The summed E-state index contributed by atoms with van der Waals surface area (Å²) in [5.41, 5.74) is 23.0. The summed E-state index contributed by atoms with van der Waals surface area (Å²) in [6.07, 6.45) is 12.0. The molecule has 8 aromatic carbocycles. The Labute approximate surface area is 394 Å². The van der Waals surface area contributed by atoms with E-state index in [0.717, 1.165) is 12.8 Å². The molecule has 0 saturated carbocycles. The number of anilines is 3. The van der Waals surface area contributed by atoms with E-state index < -0.39 is 0 Å². The fourth-order valence-electron chi connectivity index (χ4n) is 10.1. The van der Waals surface area contributed by atoms with Crippen LogP contribution < -0.4 is 4.90 Å². The second-order valence-electron chi connectivity index (χ2n) is 18.8. The molecular weight excluding hydrogens is 797 g/mol.